The van der Waals surface area contributed by atoms with Crippen LogP contribution in [0.25, 0.3) is 10.7 Å². The molecule has 0 unspecified atom stereocenters. The normalized spacial score (nSPS) is 10.8. The minimum atomic E-state index is -4.67. The standard InChI is InChI=1S/C13H13N5S.H2O4S/c1-9-8-11(17-18(9)2)12-15-16-13(19-12)14-10-6-4-3-5-7-10;1-5(2,3)4/h3-8H,1-2H3,(H,14,16);(H2,1,2,3,4). The molecular formula is C13H15N5O4S2. The van der Waals surface area contributed by atoms with Crippen molar-refractivity contribution in [3.8, 4) is 10.7 Å². The number of anilines is 2. The van der Waals surface area contributed by atoms with Crippen molar-refractivity contribution in [2.24, 2.45) is 7.05 Å². The maximum absolute atomic E-state index is 8.74. The Kier molecular flexibility index (Phi) is 5.62. The first-order chi connectivity index (χ1) is 11.2. The number of aryl methyl sites for hydroxylation is 2. The van der Waals surface area contributed by atoms with Crippen LogP contribution >= 0.6 is 11.3 Å². The van der Waals surface area contributed by atoms with Gasteiger partial charge in [-0.15, -0.1) is 10.2 Å². The summed E-state index contributed by atoms with van der Waals surface area (Å²) in [5, 5.41) is 17.5. The van der Waals surface area contributed by atoms with Crippen LogP contribution in [0.1, 0.15) is 5.69 Å². The lowest BCUT2D eigenvalue weighted by Gasteiger charge is -1.99. The van der Waals surface area contributed by atoms with E-state index >= 15 is 0 Å². The van der Waals surface area contributed by atoms with Gasteiger partial charge in [-0.1, -0.05) is 29.5 Å². The van der Waals surface area contributed by atoms with Crippen LogP contribution in [0.15, 0.2) is 36.4 Å². The molecule has 0 amide bonds. The molecule has 0 radical (unpaired) electrons. The molecule has 0 atom stereocenters. The molecule has 0 aliphatic carbocycles. The second kappa shape index (κ2) is 7.49. The fourth-order valence-corrected chi connectivity index (χ4v) is 2.41. The summed E-state index contributed by atoms with van der Waals surface area (Å²) in [7, 11) is -2.75. The average Bonchev–Trinajstić information content (AvgIpc) is 3.06. The van der Waals surface area contributed by atoms with Crippen molar-refractivity contribution in [1.82, 2.24) is 20.0 Å². The SMILES string of the molecule is Cc1cc(-c2nnc(Nc3ccccc3)s2)nn1C.O=S(=O)(O)O. The molecule has 3 N–H and O–H groups in total. The van der Waals surface area contributed by atoms with Gasteiger partial charge in [0.15, 0.2) is 5.01 Å². The molecule has 0 bridgehead atoms. The third kappa shape index (κ3) is 5.70. The minimum absolute atomic E-state index is 0.768. The summed E-state index contributed by atoms with van der Waals surface area (Å²) < 4.78 is 33.4. The molecule has 1 aromatic carbocycles. The van der Waals surface area contributed by atoms with Gasteiger partial charge in [-0.2, -0.15) is 13.5 Å². The molecule has 2 heterocycles. The van der Waals surface area contributed by atoms with Crippen molar-refractivity contribution in [3.05, 3.63) is 42.1 Å². The van der Waals surface area contributed by atoms with E-state index in [2.05, 4.69) is 20.6 Å². The van der Waals surface area contributed by atoms with Crippen molar-refractivity contribution in [2.45, 2.75) is 6.92 Å². The average molecular weight is 369 g/mol. The number of nitrogens with one attached hydrogen (secondary N) is 1. The van der Waals surface area contributed by atoms with E-state index in [1.807, 2.05) is 55.1 Å². The molecule has 9 nitrogen and oxygen atoms in total. The molecule has 0 saturated heterocycles. The Morgan fingerprint density at radius 2 is 1.79 bits per heavy atom. The van der Waals surface area contributed by atoms with Gasteiger partial charge in [-0.05, 0) is 25.1 Å². The molecule has 0 aliphatic heterocycles. The van der Waals surface area contributed by atoms with Crippen LogP contribution in [0, 0.1) is 6.92 Å². The molecule has 24 heavy (non-hydrogen) atoms. The van der Waals surface area contributed by atoms with Gasteiger partial charge < -0.3 is 5.32 Å². The number of rotatable bonds is 3. The van der Waals surface area contributed by atoms with Crippen molar-refractivity contribution in [2.75, 3.05) is 5.32 Å². The monoisotopic (exact) mass is 369 g/mol. The number of hydrogen-bond donors (Lipinski definition) is 3. The van der Waals surface area contributed by atoms with Gasteiger partial charge in [0.25, 0.3) is 0 Å². The van der Waals surface area contributed by atoms with E-state index < -0.39 is 10.4 Å². The minimum Gasteiger partial charge on any atom is -0.330 e. The largest absolute Gasteiger partial charge is 0.394 e. The zero-order valence-corrected chi connectivity index (χ0v) is 14.4. The first-order valence-electron chi connectivity index (χ1n) is 6.59. The Morgan fingerprint density at radius 1 is 1.17 bits per heavy atom. The van der Waals surface area contributed by atoms with E-state index in [4.69, 9.17) is 17.5 Å². The second-order valence-electron chi connectivity index (χ2n) is 4.65. The zero-order valence-electron chi connectivity index (χ0n) is 12.8. The number of nitrogens with zero attached hydrogens (tertiary/aromatic N) is 4. The first kappa shape index (κ1) is 18.0. The molecule has 0 spiro atoms. The third-order valence-electron chi connectivity index (χ3n) is 2.78. The van der Waals surface area contributed by atoms with Gasteiger partial charge in [-0.25, -0.2) is 0 Å². The summed E-state index contributed by atoms with van der Waals surface area (Å²) in [4.78, 5) is 0. The smallest absolute Gasteiger partial charge is 0.330 e. The lowest BCUT2D eigenvalue weighted by molar-refractivity contribution is 0.381. The Balaban J connectivity index is 0.000000368. The quantitative estimate of drug-likeness (QED) is 0.600. The first-order valence-corrected chi connectivity index (χ1v) is 8.80. The van der Waals surface area contributed by atoms with Crippen molar-refractivity contribution >= 4 is 32.6 Å². The summed E-state index contributed by atoms with van der Waals surface area (Å²) >= 11 is 1.49. The predicted octanol–water partition coefficient (Wildman–Crippen LogP) is 2.34. The maximum atomic E-state index is 8.74. The van der Waals surface area contributed by atoms with Crippen molar-refractivity contribution in [3.63, 3.8) is 0 Å². The Bertz CT molecular complexity index is 878. The van der Waals surface area contributed by atoms with E-state index in [0.29, 0.717) is 0 Å². The van der Waals surface area contributed by atoms with Crippen molar-refractivity contribution < 1.29 is 17.5 Å². The van der Waals surface area contributed by atoms with Gasteiger partial charge in [0.2, 0.25) is 5.13 Å². The Labute approximate surface area is 142 Å². The van der Waals surface area contributed by atoms with Crippen LogP contribution in [-0.4, -0.2) is 37.5 Å². The highest BCUT2D eigenvalue weighted by Crippen LogP contribution is 2.27. The Hall–Kier alpha value is -2.34. The zero-order chi connectivity index (χ0) is 17.7. The molecule has 128 valence electrons. The van der Waals surface area contributed by atoms with Crippen LogP contribution in [0.5, 0.6) is 0 Å². The summed E-state index contributed by atoms with van der Waals surface area (Å²) in [5.41, 5.74) is 2.96. The molecule has 0 saturated carbocycles. The highest BCUT2D eigenvalue weighted by atomic mass is 32.3. The van der Waals surface area contributed by atoms with Gasteiger partial charge >= 0.3 is 10.4 Å². The lowest BCUT2D eigenvalue weighted by Crippen LogP contribution is -1.92. The topological polar surface area (TPSA) is 130 Å². The van der Waals surface area contributed by atoms with Crippen molar-refractivity contribution in [1.29, 1.82) is 0 Å². The highest BCUT2D eigenvalue weighted by Gasteiger charge is 2.10. The van der Waals surface area contributed by atoms with Crippen LogP contribution < -0.4 is 5.32 Å². The molecule has 11 heteroatoms. The van der Waals surface area contributed by atoms with Crippen LogP contribution in [0.4, 0.5) is 10.8 Å². The Morgan fingerprint density at radius 3 is 2.33 bits per heavy atom. The lowest BCUT2D eigenvalue weighted by atomic mass is 10.3. The molecular weight excluding hydrogens is 354 g/mol. The second-order valence-corrected chi connectivity index (χ2v) is 6.52. The van der Waals surface area contributed by atoms with E-state index in [0.717, 1.165) is 27.2 Å². The van der Waals surface area contributed by atoms with Gasteiger partial charge in [0, 0.05) is 18.4 Å². The summed E-state index contributed by atoms with van der Waals surface area (Å²) in [6.07, 6.45) is 0. The van der Waals surface area contributed by atoms with Gasteiger partial charge in [0.05, 0.1) is 0 Å². The number of aromatic nitrogens is 4. The summed E-state index contributed by atoms with van der Waals surface area (Å²) in [6, 6.07) is 11.9. The number of hydrogen-bond acceptors (Lipinski definition) is 7. The molecule has 0 aliphatic rings. The maximum Gasteiger partial charge on any atom is 0.394 e. The summed E-state index contributed by atoms with van der Waals surface area (Å²) in [6.45, 7) is 2.01. The van der Waals surface area contributed by atoms with Crippen LogP contribution in [0.3, 0.4) is 0 Å². The predicted molar refractivity (Wildman–Crippen MR) is 90.8 cm³/mol. The van der Waals surface area contributed by atoms with E-state index in [1.54, 1.807) is 0 Å². The summed E-state index contributed by atoms with van der Waals surface area (Å²) in [5.74, 6) is 0. The third-order valence-corrected chi connectivity index (χ3v) is 3.64. The highest BCUT2D eigenvalue weighted by molar-refractivity contribution is 7.79. The van der Waals surface area contributed by atoms with Crippen LogP contribution in [-0.2, 0) is 17.4 Å². The molecule has 0 fully saturated rings. The molecule has 3 aromatic rings. The van der Waals surface area contributed by atoms with Crippen LogP contribution in [0.2, 0.25) is 0 Å². The fourth-order valence-electron chi connectivity index (χ4n) is 1.69. The molecule has 3 rings (SSSR count). The van der Waals surface area contributed by atoms with Gasteiger partial charge in [0.1, 0.15) is 5.69 Å². The fraction of sp³-hybridized carbons (Fsp3) is 0.154. The number of benzene rings is 1. The van der Waals surface area contributed by atoms with E-state index in [1.165, 1.54) is 11.3 Å². The van der Waals surface area contributed by atoms with E-state index in [-0.39, 0.29) is 0 Å². The number of para-hydroxylation sites is 1. The molecule has 2 aromatic heterocycles. The van der Waals surface area contributed by atoms with E-state index in [9.17, 15) is 0 Å². The van der Waals surface area contributed by atoms with Gasteiger partial charge in [-0.3, -0.25) is 13.8 Å².